The number of halogens is 2. The van der Waals surface area contributed by atoms with Crippen LogP contribution in [0.15, 0.2) is 53.0 Å². The highest BCUT2D eigenvalue weighted by molar-refractivity contribution is 9.10. The molecule has 0 heterocycles. The topological polar surface area (TPSA) is 86.8 Å². The van der Waals surface area contributed by atoms with Crippen LogP contribution in [0.25, 0.3) is 0 Å². The molecule has 2 amide bonds. The van der Waals surface area contributed by atoms with Crippen LogP contribution in [0, 0.1) is 5.92 Å². The van der Waals surface area contributed by atoms with E-state index in [4.69, 9.17) is 11.6 Å². The number of sulfonamides is 1. The van der Waals surface area contributed by atoms with Gasteiger partial charge in [0.25, 0.3) is 0 Å². The van der Waals surface area contributed by atoms with E-state index in [9.17, 15) is 18.0 Å². The molecule has 0 saturated carbocycles. The number of amides is 2. The van der Waals surface area contributed by atoms with Gasteiger partial charge in [-0.05, 0) is 54.8 Å². The fraction of sp³-hybridized carbons (Fsp3) is 0.391. The van der Waals surface area contributed by atoms with E-state index < -0.39 is 28.5 Å². The van der Waals surface area contributed by atoms with E-state index >= 15 is 0 Å². The predicted octanol–water partition coefficient (Wildman–Crippen LogP) is 4.06. The lowest BCUT2D eigenvalue weighted by Crippen LogP contribution is -2.51. The lowest BCUT2D eigenvalue weighted by Gasteiger charge is -2.31. The Labute approximate surface area is 209 Å². The van der Waals surface area contributed by atoms with Crippen molar-refractivity contribution in [3.8, 4) is 0 Å². The summed E-state index contributed by atoms with van der Waals surface area (Å²) in [6.07, 6.45) is 1.04. The van der Waals surface area contributed by atoms with Crippen LogP contribution in [-0.4, -0.2) is 50.5 Å². The minimum absolute atomic E-state index is 0.105. The summed E-state index contributed by atoms with van der Waals surface area (Å²) >= 11 is 9.42. The van der Waals surface area contributed by atoms with Crippen molar-refractivity contribution in [1.29, 1.82) is 0 Å². The molecule has 0 fully saturated rings. The van der Waals surface area contributed by atoms with Crippen LogP contribution < -0.4 is 9.62 Å². The zero-order chi connectivity index (χ0) is 24.8. The SMILES string of the molecule is CC(C)CNC(=O)[C@H](C)N(Cc1cccc(Cl)c1)C(=O)CN(c1ccc(Br)cc1)S(C)(=O)=O. The molecule has 180 valence electrons. The second kappa shape index (κ2) is 11.9. The van der Waals surface area contributed by atoms with Crippen molar-refractivity contribution in [1.82, 2.24) is 10.2 Å². The summed E-state index contributed by atoms with van der Waals surface area (Å²) in [5, 5.41) is 3.34. The molecule has 10 heteroatoms. The molecule has 0 saturated heterocycles. The van der Waals surface area contributed by atoms with Gasteiger partial charge in [-0.1, -0.05) is 53.5 Å². The molecule has 2 rings (SSSR count). The largest absolute Gasteiger partial charge is 0.354 e. The number of hydrogen-bond acceptors (Lipinski definition) is 4. The predicted molar refractivity (Wildman–Crippen MR) is 136 cm³/mol. The minimum atomic E-state index is -3.76. The summed E-state index contributed by atoms with van der Waals surface area (Å²) in [4.78, 5) is 27.6. The Morgan fingerprint density at radius 1 is 1.09 bits per heavy atom. The van der Waals surface area contributed by atoms with Gasteiger partial charge in [0.15, 0.2) is 0 Å². The zero-order valence-electron chi connectivity index (χ0n) is 19.1. The Hall–Kier alpha value is -2.10. The Morgan fingerprint density at radius 3 is 2.27 bits per heavy atom. The molecule has 1 N–H and O–H groups in total. The Kier molecular flexibility index (Phi) is 9.75. The number of carbonyl (C=O) groups is 2. The highest BCUT2D eigenvalue weighted by Crippen LogP contribution is 2.22. The standard InChI is InChI=1S/C23H29BrClN3O4S/c1-16(2)13-26-23(30)17(3)27(14-18-6-5-7-20(25)12-18)22(29)15-28(33(4,31)32)21-10-8-19(24)9-11-21/h5-12,16-17H,13-15H2,1-4H3,(H,26,30)/t17-/m0/s1. The summed E-state index contributed by atoms with van der Waals surface area (Å²) < 4.78 is 26.8. The molecular weight excluding hydrogens is 530 g/mol. The van der Waals surface area contributed by atoms with Gasteiger partial charge in [0, 0.05) is 22.6 Å². The van der Waals surface area contributed by atoms with Gasteiger partial charge in [-0.2, -0.15) is 0 Å². The lowest BCUT2D eigenvalue weighted by molar-refractivity contribution is -0.139. The van der Waals surface area contributed by atoms with Crippen molar-refractivity contribution in [2.75, 3.05) is 23.7 Å². The van der Waals surface area contributed by atoms with Gasteiger partial charge in [0.1, 0.15) is 12.6 Å². The van der Waals surface area contributed by atoms with Gasteiger partial charge >= 0.3 is 0 Å². The third-order valence-corrected chi connectivity index (χ3v) is 6.79. The quantitative estimate of drug-likeness (QED) is 0.477. The Balaban J connectivity index is 2.35. The summed E-state index contributed by atoms with van der Waals surface area (Å²) in [6.45, 7) is 5.71. The molecule has 2 aromatic carbocycles. The number of nitrogens with one attached hydrogen (secondary N) is 1. The first kappa shape index (κ1) is 27.1. The van der Waals surface area contributed by atoms with E-state index in [1.807, 2.05) is 13.8 Å². The second-order valence-corrected chi connectivity index (χ2v) is 11.5. The van der Waals surface area contributed by atoms with E-state index in [-0.39, 0.29) is 18.4 Å². The first-order chi connectivity index (χ1) is 15.4. The van der Waals surface area contributed by atoms with E-state index in [0.717, 1.165) is 20.6 Å². The smallest absolute Gasteiger partial charge is 0.244 e. The number of rotatable bonds is 10. The summed E-state index contributed by atoms with van der Waals surface area (Å²) in [6, 6.07) is 12.8. The van der Waals surface area contributed by atoms with Crippen LogP contribution in [0.1, 0.15) is 26.3 Å². The highest BCUT2D eigenvalue weighted by atomic mass is 79.9. The van der Waals surface area contributed by atoms with Crippen LogP contribution in [0.4, 0.5) is 5.69 Å². The van der Waals surface area contributed by atoms with Gasteiger partial charge in [0.2, 0.25) is 21.8 Å². The number of carbonyl (C=O) groups excluding carboxylic acids is 2. The molecule has 2 aromatic rings. The van der Waals surface area contributed by atoms with Gasteiger partial charge in [-0.3, -0.25) is 13.9 Å². The molecule has 0 aliphatic heterocycles. The molecule has 0 unspecified atom stereocenters. The second-order valence-electron chi connectivity index (χ2n) is 8.21. The van der Waals surface area contributed by atoms with Crippen molar-refractivity contribution in [2.24, 2.45) is 5.92 Å². The number of nitrogens with zero attached hydrogens (tertiary/aromatic N) is 2. The highest BCUT2D eigenvalue weighted by Gasteiger charge is 2.30. The monoisotopic (exact) mass is 557 g/mol. The zero-order valence-corrected chi connectivity index (χ0v) is 22.2. The average Bonchev–Trinajstić information content (AvgIpc) is 2.73. The van der Waals surface area contributed by atoms with Crippen molar-refractivity contribution >= 4 is 55.1 Å². The number of hydrogen-bond donors (Lipinski definition) is 1. The van der Waals surface area contributed by atoms with Crippen LogP contribution in [-0.2, 0) is 26.2 Å². The van der Waals surface area contributed by atoms with Crippen molar-refractivity contribution in [2.45, 2.75) is 33.4 Å². The first-order valence-electron chi connectivity index (χ1n) is 10.4. The maximum absolute atomic E-state index is 13.4. The van der Waals surface area contributed by atoms with Gasteiger partial charge < -0.3 is 10.2 Å². The van der Waals surface area contributed by atoms with E-state index in [0.29, 0.717) is 17.3 Å². The van der Waals surface area contributed by atoms with E-state index in [2.05, 4.69) is 21.2 Å². The third kappa shape index (κ3) is 8.32. The van der Waals surface area contributed by atoms with Gasteiger partial charge in [-0.25, -0.2) is 8.42 Å². The summed E-state index contributed by atoms with van der Waals surface area (Å²) in [7, 11) is -3.76. The van der Waals surface area contributed by atoms with E-state index in [1.54, 1.807) is 55.5 Å². The molecule has 0 aliphatic rings. The molecule has 0 radical (unpaired) electrons. The first-order valence-corrected chi connectivity index (χ1v) is 13.4. The molecule has 0 aromatic heterocycles. The van der Waals surface area contributed by atoms with Crippen LogP contribution >= 0.6 is 27.5 Å². The minimum Gasteiger partial charge on any atom is -0.354 e. The van der Waals surface area contributed by atoms with E-state index in [1.165, 1.54) is 4.90 Å². The molecular formula is C23H29BrClN3O4S. The molecule has 0 aliphatic carbocycles. The molecule has 7 nitrogen and oxygen atoms in total. The fourth-order valence-electron chi connectivity index (χ4n) is 3.09. The number of anilines is 1. The molecule has 0 spiro atoms. The van der Waals surface area contributed by atoms with Crippen molar-refractivity contribution in [3.63, 3.8) is 0 Å². The maximum Gasteiger partial charge on any atom is 0.244 e. The van der Waals surface area contributed by atoms with Crippen LogP contribution in [0.3, 0.4) is 0 Å². The Bertz CT molecular complexity index is 1080. The lowest BCUT2D eigenvalue weighted by atomic mass is 10.1. The fourth-order valence-corrected chi connectivity index (χ4v) is 4.41. The Morgan fingerprint density at radius 2 is 1.73 bits per heavy atom. The normalized spacial score (nSPS) is 12.3. The third-order valence-electron chi connectivity index (χ3n) is 4.89. The summed E-state index contributed by atoms with van der Waals surface area (Å²) in [5.74, 6) is -0.569. The van der Waals surface area contributed by atoms with Gasteiger partial charge in [-0.15, -0.1) is 0 Å². The average molecular weight is 559 g/mol. The van der Waals surface area contributed by atoms with Crippen LogP contribution in [0.5, 0.6) is 0 Å². The number of benzene rings is 2. The van der Waals surface area contributed by atoms with Crippen LogP contribution in [0.2, 0.25) is 5.02 Å². The molecule has 0 bridgehead atoms. The van der Waals surface area contributed by atoms with Crippen molar-refractivity contribution < 1.29 is 18.0 Å². The molecule has 33 heavy (non-hydrogen) atoms. The molecule has 1 atom stereocenters. The van der Waals surface area contributed by atoms with Crippen molar-refractivity contribution in [3.05, 3.63) is 63.6 Å². The maximum atomic E-state index is 13.4. The summed E-state index contributed by atoms with van der Waals surface area (Å²) in [5.41, 5.74) is 1.09. The van der Waals surface area contributed by atoms with Gasteiger partial charge in [0.05, 0.1) is 11.9 Å².